The number of carbonyl (C=O) groups is 1. The Balaban J connectivity index is 1.59. The van der Waals surface area contributed by atoms with Gasteiger partial charge in [-0.05, 0) is 41.8 Å². The van der Waals surface area contributed by atoms with Crippen LogP contribution >= 0.6 is 0 Å². The van der Waals surface area contributed by atoms with Gasteiger partial charge in [-0.3, -0.25) is 4.79 Å². The largest absolute Gasteiger partial charge is 0.493 e. The van der Waals surface area contributed by atoms with E-state index in [1.54, 1.807) is 37.3 Å². The van der Waals surface area contributed by atoms with Crippen molar-refractivity contribution in [1.82, 2.24) is 9.62 Å². The molecule has 7 nitrogen and oxygen atoms in total. The van der Waals surface area contributed by atoms with E-state index in [1.165, 1.54) is 12.1 Å². The van der Waals surface area contributed by atoms with Gasteiger partial charge < -0.3 is 14.4 Å². The van der Waals surface area contributed by atoms with Crippen molar-refractivity contribution in [2.24, 2.45) is 0 Å². The average molecular weight is 404 g/mol. The molecule has 1 aliphatic rings. The van der Waals surface area contributed by atoms with Crippen LogP contribution in [-0.4, -0.2) is 46.5 Å². The van der Waals surface area contributed by atoms with Gasteiger partial charge in [0.2, 0.25) is 15.9 Å². The molecule has 0 unspecified atom stereocenters. The van der Waals surface area contributed by atoms with Crippen molar-refractivity contribution < 1.29 is 22.7 Å². The molecular weight excluding hydrogens is 380 g/mol. The molecule has 1 aliphatic heterocycles. The minimum atomic E-state index is -3.60. The van der Waals surface area contributed by atoms with E-state index in [-0.39, 0.29) is 23.8 Å². The molecule has 0 bridgehead atoms. The number of rotatable bonds is 7. The lowest BCUT2D eigenvalue weighted by molar-refractivity contribution is -0.131. The van der Waals surface area contributed by atoms with Crippen LogP contribution in [0.1, 0.15) is 17.5 Å². The number of nitrogens with one attached hydrogen (secondary N) is 1. The Morgan fingerprint density at radius 3 is 2.36 bits per heavy atom. The molecule has 3 rings (SSSR count). The van der Waals surface area contributed by atoms with Crippen LogP contribution in [0.4, 0.5) is 0 Å². The highest BCUT2D eigenvalue weighted by Crippen LogP contribution is 2.33. The molecule has 0 saturated carbocycles. The second-order valence-electron chi connectivity index (χ2n) is 6.50. The fourth-order valence-electron chi connectivity index (χ4n) is 3.23. The lowest BCUT2D eigenvalue weighted by atomic mass is 9.98. The van der Waals surface area contributed by atoms with Gasteiger partial charge in [0.15, 0.2) is 11.5 Å². The Kier molecular flexibility index (Phi) is 6.21. The first-order valence-electron chi connectivity index (χ1n) is 9.01. The number of hydrogen-bond donors (Lipinski definition) is 1. The summed E-state index contributed by atoms with van der Waals surface area (Å²) < 4.78 is 37.6. The third kappa shape index (κ3) is 4.45. The quantitative estimate of drug-likeness (QED) is 0.763. The zero-order valence-electron chi connectivity index (χ0n) is 16.0. The number of carbonyl (C=O) groups excluding carboxylic acids is 1. The highest BCUT2D eigenvalue weighted by Gasteiger charge is 2.23. The molecule has 0 aromatic heterocycles. The van der Waals surface area contributed by atoms with Crippen molar-refractivity contribution in [3.63, 3.8) is 0 Å². The molecule has 0 radical (unpaired) electrons. The molecule has 0 aliphatic carbocycles. The predicted molar refractivity (Wildman–Crippen MR) is 105 cm³/mol. The monoisotopic (exact) mass is 404 g/mol. The number of benzene rings is 2. The van der Waals surface area contributed by atoms with Gasteiger partial charge in [0.25, 0.3) is 0 Å². The number of fused-ring (bicyclic) bond motifs is 1. The van der Waals surface area contributed by atoms with Crippen LogP contribution in [0.2, 0.25) is 0 Å². The van der Waals surface area contributed by atoms with E-state index >= 15 is 0 Å². The van der Waals surface area contributed by atoms with Crippen molar-refractivity contribution in [2.45, 2.75) is 24.3 Å². The Morgan fingerprint density at radius 2 is 1.71 bits per heavy atom. The van der Waals surface area contributed by atoms with Gasteiger partial charge in [0, 0.05) is 26.1 Å². The zero-order chi connectivity index (χ0) is 20.1. The molecule has 1 amide bonds. The van der Waals surface area contributed by atoms with Crippen LogP contribution in [0.25, 0.3) is 0 Å². The fourth-order valence-corrected chi connectivity index (χ4v) is 4.28. The highest BCUT2D eigenvalue weighted by molar-refractivity contribution is 7.89. The first-order chi connectivity index (χ1) is 13.4. The summed E-state index contributed by atoms with van der Waals surface area (Å²) in [6.07, 6.45) is 0.825. The number of nitrogens with zero attached hydrogens (tertiary/aromatic N) is 1. The van der Waals surface area contributed by atoms with Crippen molar-refractivity contribution >= 4 is 15.9 Å². The molecule has 0 saturated heterocycles. The Hall–Kier alpha value is -2.58. The third-order valence-electron chi connectivity index (χ3n) is 4.76. The summed E-state index contributed by atoms with van der Waals surface area (Å²) in [5, 5.41) is 0. The van der Waals surface area contributed by atoms with E-state index in [4.69, 9.17) is 9.47 Å². The molecule has 0 fully saturated rings. The summed E-state index contributed by atoms with van der Waals surface area (Å²) in [5.74, 6) is 1.22. The maximum Gasteiger partial charge on any atom is 0.240 e. The molecular formula is C20H24N2O5S. The summed E-state index contributed by atoms with van der Waals surface area (Å²) in [6.45, 7) is 1.12. The van der Waals surface area contributed by atoms with E-state index in [9.17, 15) is 13.2 Å². The average Bonchev–Trinajstić information content (AvgIpc) is 2.72. The molecule has 0 atom stereocenters. The van der Waals surface area contributed by atoms with E-state index < -0.39 is 10.0 Å². The molecule has 0 spiro atoms. The lowest BCUT2D eigenvalue weighted by Gasteiger charge is -2.29. The summed E-state index contributed by atoms with van der Waals surface area (Å²) in [7, 11) is -0.428. The standard InChI is InChI=1S/C20H24N2O5S/c1-26-18-12-15-9-11-22(14-16(15)13-19(18)27-2)20(23)8-10-21-28(24,25)17-6-4-3-5-7-17/h3-7,12-13,21H,8-11,14H2,1-2H3. The van der Waals surface area contributed by atoms with Gasteiger partial charge >= 0.3 is 0 Å². The first-order valence-corrected chi connectivity index (χ1v) is 10.5. The molecule has 28 heavy (non-hydrogen) atoms. The van der Waals surface area contributed by atoms with Crippen molar-refractivity contribution in [2.75, 3.05) is 27.3 Å². The highest BCUT2D eigenvalue weighted by atomic mass is 32.2. The molecule has 2 aromatic carbocycles. The van der Waals surface area contributed by atoms with Gasteiger partial charge in [0.1, 0.15) is 0 Å². The zero-order valence-corrected chi connectivity index (χ0v) is 16.8. The van der Waals surface area contributed by atoms with Crippen LogP contribution in [0.3, 0.4) is 0 Å². The molecule has 2 aromatic rings. The smallest absolute Gasteiger partial charge is 0.240 e. The van der Waals surface area contributed by atoms with E-state index in [0.29, 0.717) is 24.6 Å². The number of amides is 1. The topological polar surface area (TPSA) is 84.9 Å². The van der Waals surface area contributed by atoms with Gasteiger partial charge in [0.05, 0.1) is 19.1 Å². The Labute approximate surface area is 165 Å². The fraction of sp³-hybridized carbons (Fsp3) is 0.350. The Bertz CT molecular complexity index is 945. The molecule has 150 valence electrons. The second kappa shape index (κ2) is 8.62. The lowest BCUT2D eigenvalue weighted by Crippen LogP contribution is -2.38. The van der Waals surface area contributed by atoms with Gasteiger partial charge in [-0.15, -0.1) is 0 Å². The number of methoxy groups -OCH3 is 2. The maximum atomic E-state index is 12.5. The van der Waals surface area contributed by atoms with Crippen LogP contribution in [0.15, 0.2) is 47.4 Å². The van der Waals surface area contributed by atoms with Crippen molar-refractivity contribution in [3.05, 3.63) is 53.6 Å². The summed E-state index contributed by atoms with van der Waals surface area (Å²) in [5.41, 5.74) is 2.15. The van der Waals surface area contributed by atoms with Crippen molar-refractivity contribution in [1.29, 1.82) is 0 Å². The van der Waals surface area contributed by atoms with E-state index in [1.807, 2.05) is 12.1 Å². The van der Waals surface area contributed by atoms with E-state index in [2.05, 4.69) is 4.72 Å². The number of hydrogen-bond acceptors (Lipinski definition) is 5. The van der Waals surface area contributed by atoms with Gasteiger partial charge in [-0.2, -0.15) is 0 Å². The summed E-state index contributed by atoms with van der Waals surface area (Å²) in [4.78, 5) is 14.5. The molecule has 8 heteroatoms. The van der Waals surface area contributed by atoms with Crippen LogP contribution < -0.4 is 14.2 Å². The summed E-state index contributed by atoms with van der Waals surface area (Å²) >= 11 is 0. The van der Waals surface area contributed by atoms with Crippen molar-refractivity contribution in [3.8, 4) is 11.5 Å². The first kappa shape index (κ1) is 20.2. The maximum absolute atomic E-state index is 12.5. The normalized spacial score (nSPS) is 13.7. The van der Waals surface area contributed by atoms with E-state index in [0.717, 1.165) is 17.5 Å². The van der Waals surface area contributed by atoms with Crippen LogP contribution in [-0.2, 0) is 27.8 Å². The van der Waals surface area contributed by atoms with Crippen LogP contribution in [0.5, 0.6) is 11.5 Å². The Morgan fingerprint density at radius 1 is 1.07 bits per heavy atom. The predicted octanol–water partition coefficient (Wildman–Crippen LogP) is 1.96. The second-order valence-corrected chi connectivity index (χ2v) is 8.27. The SMILES string of the molecule is COc1cc2c(cc1OC)CN(C(=O)CCNS(=O)(=O)c1ccccc1)CC2. The molecule has 1 heterocycles. The summed E-state index contributed by atoms with van der Waals surface area (Å²) in [6, 6.07) is 12.0. The molecule has 1 N–H and O–H groups in total. The minimum Gasteiger partial charge on any atom is -0.493 e. The van der Waals surface area contributed by atoms with Gasteiger partial charge in [-0.1, -0.05) is 18.2 Å². The number of ether oxygens (including phenoxy) is 2. The third-order valence-corrected chi connectivity index (χ3v) is 6.23. The van der Waals surface area contributed by atoms with Crippen LogP contribution in [0, 0.1) is 0 Å². The van der Waals surface area contributed by atoms with Gasteiger partial charge in [-0.25, -0.2) is 13.1 Å². The number of sulfonamides is 1. The minimum absolute atomic E-state index is 0.0609.